The first kappa shape index (κ1) is 32.5. The maximum atomic E-state index is 14.2. The van der Waals surface area contributed by atoms with Gasteiger partial charge in [0.15, 0.2) is 11.5 Å². The lowest BCUT2D eigenvalue weighted by atomic mass is 10.1. The van der Waals surface area contributed by atoms with E-state index < -0.39 is 28.5 Å². The zero-order valence-corrected chi connectivity index (χ0v) is 26.0. The van der Waals surface area contributed by atoms with Crippen LogP contribution in [0.1, 0.15) is 44.7 Å². The van der Waals surface area contributed by atoms with Gasteiger partial charge in [-0.15, -0.1) is 0 Å². The molecule has 0 saturated heterocycles. The monoisotopic (exact) mass is 595 g/mol. The standard InChI is InChI=1S/C32H41N3O6S/c1-7-24(4)33-32(37)28(8-2)34(21-25-16-14-23(3)15-17-25)31(36)22-35(42(38,39)27-12-10-9-11-13-27)26-18-19-29(40-5)30(20-26)41-6/h9-20,24,28H,7-8,21-22H2,1-6H3,(H,33,37)/t24-,28+/m0/s1. The summed E-state index contributed by atoms with van der Waals surface area (Å²) in [7, 11) is -1.26. The number of hydrogen-bond acceptors (Lipinski definition) is 6. The maximum absolute atomic E-state index is 14.2. The number of amides is 2. The van der Waals surface area contributed by atoms with Gasteiger partial charge in [0.1, 0.15) is 12.6 Å². The van der Waals surface area contributed by atoms with Crippen molar-refractivity contribution in [2.75, 3.05) is 25.1 Å². The van der Waals surface area contributed by atoms with Gasteiger partial charge in [0, 0.05) is 18.7 Å². The summed E-state index contributed by atoms with van der Waals surface area (Å²) in [4.78, 5) is 29.1. The number of nitrogens with one attached hydrogen (secondary N) is 1. The van der Waals surface area contributed by atoms with Crippen molar-refractivity contribution in [2.45, 2.75) is 64.1 Å². The second kappa shape index (κ2) is 14.7. The van der Waals surface area contributed by atoms with E-state index in [4.69, 9.17) is 9.47 Å². The van der Waals surface area contributed by atoms with Crippen LogP contribution < -0.4 is 19.1 Å². The van der Waals surface area contributed by atoms with Crippen LogP contribution in [0.4, 0.5) is 5.69 Å². The third-order valence-corrected chi connectivity index (χ3v) is 8.91. The van der Waals surface area contributed by atoms with Gasteiger partial charge in [0.2, 0.25) is 11.8 Å². The third-order valence-electron chi connectivity index (χ3n) is 7.13. The van der Waals surface area contributed by atoms with Crippen molar-refractivity contribution in [1.29, 1.82) is 0 Å². The average Bonchev–Trinajstić information content (AvgIpc) is 3.00. The predicted molar refractivity (Wildman–Crippen MR) is 164 cm³/mol. The fraction of sp³-hybridized carbons (Fsp3) is 0.375. The molecule has 0 unspecified atom stereocenters. The molecular weight excluding hydrogens is 554 g/mol. The first-order valence-corrected chi connectivity index (χ1v) is 15.4. The number of aryl methyl sites for hydroxylation is 1. The van der Waals surface area contributed by atoms with Crippen molar-refractivity contribution in [3.63, 3.8) is 0 Å². The Hall–Kier alpha value is -4.05. The molecule has 0 spiro atoms. The van der Waals surface area contributed by atoms with E-state index in [9.17, 15) is 18.0 Å². The molecule has 2 amide bonds. The Kier molecular flexibility index (Phi) is 11.4. The Morgan fingerprint density at radius 1 is 0.881 bits per heavy atom. The van der Waals surface area contributed by atoms with Crippen molar-refractivity contribution in [2.24, 2.45) is 0 Å². The minimum absolute atomic E-state index is 0.0271. The van der Waals surface area contributed by atoms with Crippen molar-refractivity contribution in [3.8, 4) is 11.5 Å². The molecule has 3 rings (SSSR count). The molecule has 3 aromatic rings. The number of nitrogens with zero attached hydrogens (tertiary/aromatic N) is 2. The number of sulfonamides is 1. The zero-order chi connectivity index (χ0) is 30.9. The summed E-state index contributed by atoms with van der Waals surface area (Å²) < 4.78 is 39.8. The molecule has 0 aromatic heterocycles. The number of anilines is 1. The molecule has 0 fully saturated rings. The van der Waals surface area contributed by atoms with Crippen molar-refractivity contribution >= 4 is 27.5 Å². The molecule has 10 heteroatoms. The molecule has 1 N–H and O–H groups in total. The summed E-state index contributed by atoms with van der Waals surface area (Å²) in [5, 5.41) is 2.98. The smallest absolute Gasteiger partial charge is 0.264 e. The Morgan fingerprint density at radius 2 is 1.52 bits per heavy atom. The topological polar surface area (TPSA) is 105 Å². The van der Waals surface area contributed by atoms with Crippen LogP contribution in [-0.2, 0) is 26.2 Å². The van der Waals surface area contributed by atoms with Crippen LogP contribution in [0.25, 0.3) is 0 Å². The Labute approximate surface area is 249 Å². The molecule has 0 radical (unpaired) electrons. The second-order valence-corrected chi connectivity index (χ2v) is 12.0. The SMILES string of the molecule is CC[C@H](C(=O)N[C@@H](C)CC)N(Cc1ccc(C)cc1)C(=O)CN(c1ccc(OC)c(OC)c1)S(=O)(=O)c1ccccc1. The minimum Gasteiger partial charge on any atom is -0.493 e. The third kappa shape index (κ3) is 7.82. The summed E-state index contributed by atoms with van der Waals surface area (Å²) in [6.07, 6.45) is 1.08. The van der Waals surface area contributed by atoms with E-state index in [-0.39, 0.29) is 29.1 Å². The fourth-order valence-corrected chi connectivity index (χ4v) is 5.91. The number of benzene rings is 3. The number of methoxy groups -OCH3 is 2. The van der Waals surface area contributed by atoms with Crippen LogP contribution in [0.15, 0.2) is 77.7 Å². The first-order chi connectivity index (χ1) is 20.0. The Morgan fingerprint density at radius 3 is 2.10 bits per heavy atom. The fourth-order valence-electron chi connectivity index (χ4n) is 4.48. The van der Waals surface area contributed by atoms with Crippen LogP contribution in [0, 0.1) is 6.92 Å². The molecule has 42 heavy (non-hydrogen) atoms. The number of rotatable bonds is 14. The van der Waals surface area contributed by atoms with Gasteiger partial charge in [0.25, 0.3) is 10.0 Å². The molecule has 226 valence electrons. The summed E-state index contributed by atoms with van der Waals surface area (Å²) in [5.41, 5.74) is 2.11. The lowest BCUT2D eigenvalue weighted by Gasteiger charge is -2.34. The van der Waals surface area contributed by atoms with Gasteiger partial charge in [-0.3, -0.25) is 13.9 Å². The van der Waals surface area contributed by atoms with E-state index in [0.29, 0.717) is 17.9 Å². The van der Waals surface area contributed by atoms with Gasteiger partial charge < -0.3 is 19.7 Å². The van der Waals surface area contributed by atoms with Crippen LogP contribution >= 0.6 is 0 Å². The van der Waals surface area contributed by atoms with Gasteiger partial charge in [-0.05, 0) is 56.5 Å². The quantitative estimate of drug-likeness (QED) is 0.283. The van der Waals surface area contributed by atoms with E-state index >= 15 is 0 Å². The highest BCUT2D eigenvalue weighted by Gasteiger charge is 2.34. The van der Waals surface area contributed by atoms with Crippen molar-refractivity contribution < 1.29 is 27.5 Å². The van der Waals surface area contributed by atoms with E-state index in [1.165, 1.54) is 37.3 Å². The van der Waals surface area contributed by atoms with Gasteiger partial charge >= 0.3 is 0 Å². The highest BCUT2D eigenvalue weighted by molar-refractivity contribution is 7.92. The molecule has 0 heterocycles. The minimum atomic E-state index is -4.19. The van der Waals surface area contributed by atoms with Crippen LogP contribution in [0.5, 0.6) is 11.5 Å². The number of ether oxygens (including phenoxy) is 2. The van der Waals surface area contributed by atoms with Gasteiger partial charge in [-0.25, -0.2) is 8.42 Å². The molecule has 0 saturated carbocycles. The molecule has 2 atom stereocenters. The lowest BCUT2D eigenvalue weighted by Crippen LogP contribution is -2.53. The Bertz CT molecular complexity index is 1440. The first-order valence-electron chi connectivity index (χ1n) is 14.0. The molecular formula is C32H41N3O6S. The van der Waals surface area contributed by atoms with Crippen LogP contribution in [0.2, 0.25) is 0 Å². The predicted octanol–water partition coefficient (Wildman–Crippen LogP) is 4.93. The van der Waals surface area contributed by atoms with Crippen molar-refractivity contribution in [3.05, 3.63) is 83.9 Å². The summed E-state index contributed by atoms with van der Waals surface area (Å²) in [6.45, 7) is 7.28. The normalized spacial score (nSPS) is 12.6. The molecule has 0 aliphatic rings. The number of carbonyl (C=O) groups excluding carboxylic acids is 2. The number of hydrogen-bond donors (Lipinski definition) is 1. The van der Waals surface area contributed by atoms with E-state index in [2.05, 4.69) is 5.32 Å². The lowest BCUT2D eigenvalue weighted by molar-refractivity contribution is -0.140. The van der Waals surface area contributed by atoms with Gasteiger partial charge in [-0.1, -0.05) is 61.9 Å². The number of carbonyl (C=O) groups is 2. The van der Waals surface area contributed by atoms with E-state index in [0.717, 1.165) is 21.9 Å². The molecule has 0 aliphatic heterocycles. The van der Waals surface area contributed by atoms with E-state index in [1.54, 1.807) is 30.3 Å². The molecule has 0 bridgehead atoms. The highest BCUT2D eigenvalue weighted by atomic mass is 32.2. The van der Waals surface area contributed by atoms with Crippen LogP contribution in [-0.4, -0.2) is 58.0 Å². The van der Waals surface area contributed by atoms with Crippen LogP contribution in [0.3, 0.4) is 0 Å². The summed E-state index contributed by atoms with van der Waals surface area (Å²) >= 11 is 0. The van der Waals surface area contributed by atoms with Crippen molar-refractivity contribution in [1.82, 2.24) is 10.2 Å². The maximum Gasteiger partial charge on any atom is 0.264 e. The average molecular weight is 596 g/mol. The van der Waals surface area contributed by atoms with Gasteiger partial charge in [0.05, 0.1) is 24.8 Å². The highest BCUT2D eigenvalue weighted by Crippen LogP contribution is 2.34. The van der Waals surface area contributed by atoms with Gasteiger partial charge in [-0.2, -0.15) is 0 Å². The summed E-state index contributed by atoms with van der Waals surface area (Å²) in [6, 6.07) is 19.4. The molecule has 0 aliphatic carbocycles. The zero-order valence-electron chi connectivity index (χ0n) is 25.2. The summed E-state index contributed by atoms with van der Waals surface area (Å²) in [5.74, 6) is -0.0723. The largest absolute Gasteiger partial charge is 0.493 e. The second-order valence-electron chi connectivity index (χ2n) is 10.1. The molecule has 3 aromatic carbocycles. The molecule has 9 nitrogen and oxygen atoms in total. The van der Waals surface area contributed by atoms with E-state index in [1.807, 2.05) is 52.0 Å². The Balaban J connectivity index is 2.10.